The SMILES string of the molecule is CCOC(=O)NNC(=O)CCCc1nc(-c2ccc(Cl)cc2)no1. The van der Waals surface area contributed by atoms with Gasteiger partial charge in [0.1, 0.15) is 0 Å². The first-order valence-electron chi connectivity index (χ1n) is 7.38. The van der Waals surface area contributed by atoms with Gasteiger partial charge in [0.25, 0.3) is 0 Å². The van der Waals surface area contributed by atoms with Gasteiger partial charge in [-0.25, -0.2) is 10.2 Å². The van der Waals surface area contributed by atoms with Gasteiger partial charge in [-0.1, -0.05) is 16.8 Å². The molecule has 128 valence electrons. The highest BCUT2D eigenvalue weighted by Crippen LogP contribution is 2.19. The maximum atomic E-state index is 11.5. The normalized spacial score (nSPS) is 10.2. The molecule has 2 amide bonds. The van der Waals surface area contributed by atoms with Crippen molar-refractivity contribution in [1.29, 1.82) is 0 Å². The van der Waals surface area contributed by atoms with Crippen molar-refractivity contribution in [1.82, 2.24) is 21.0 Å². The van der Waals surface area contributed by atoms with E-state index in [-0.39, 0.29) is 18.9 Å². The molecule has 0 fully saturated rings. The van der Waals surface area contributed by atoms with Gasteiger partial charge >= 0.3 is 6.09 Å². The number of aromatic nitrogens is 2. The number of nitrogens with one attached hydrogen (secondary N) is 2. The van der Waals surface area contributed by atoms with E-state index < -0.39 is 6.09 Å². The Morgan fingerprint density at radius 1 is 1.25 bits per heavy atom. The van der Waals surface area contributed by atoms with Crippen LogP contribution >= 0.6 is 11.6 Å². The first-order chi connectivity index (χ1) is 11.6. The summed E-state index contributed by atoms with van der Waals surface area (Å²) in [5, 5.41) is 4.52. The van der Waals surface area contributed by atoms with Crippen molar-refractivity contribution in [2.24, 2.45) is 0 Å². The van der Waals surface area contributed by atoms with Crippen LogP contribution in [-0.4, -0.2) is 28.7 Å². The molecule has 0 atom stereocenters. The first kappa shape index (κ1) is 17.7. The molecule has 1 heterocycles. The lowest BCUT2D eigenvalue weighted by Crippen LogP contribution is -2.41. The second-order valence-electron chi connectivity index (χ2n) is 4.77. The Morgan fingerprint density at radius 2 is 2.00 bits per heavy atom. The third-order valence-corrected chi connectivity index (χ3v) is 3.20. The number of hydrazine groups is 1. The Balaban J connectivity index is 1.74. The van der Waals surface area contributed by atoms with Crippen molar-refractivity contribution >= 4 is 23.6 Å². The van der Waals surface area contributed by atoms with Gasteiger partial charge in [-0.15, -0.1) is 0 Å². The van der Waals surface area contributed by atoms with Gasteiger partial charge in [0.2, 0.25) is 17.6 Å². The summed E-state index contributed by atoms with van der Waals surface area (Å²) in [6.45, 7) is 1.90. The van der Waals surface area contributed by atoms with Crippen molar-refractivity contribution in [3.8, 4) is 11.4 Å². The fraction of sp³-hybridized carbons (Fsp3) is 0.333. The highest BCUT2D eigenvalue weighted by Gasteiger charge is 2.10. The summed E-state index contributed by atoms with van der Waals surface area (Å²) in [5.74, 6) is 0.571. The number of carbonyl (C=O) groups is 2. The summed E-state index contributed by atoms with van der Waals surface area (Å²) < 4.78 is 9.76. The molecule has 0 spiro atoms. The van der Waals surface area contributed by atoms with Crippen LogP contribution < -0.4 is 10.9 Å². The van der Waals surface area contributed by atoms with Crippen LogP contribution in [0.4, 0.5) is 4.79 Å². The Hall–Kier alpha value is -2.61. The summed E-state index contributed by atoms with van der Waals surface area (Å²) >= 11 is 5.83. The van der Waals surface area contributed by atoms with Crippen LogP contribution in [0.25, 0.3) is 11.4 Å². The number of ether oxygens (including phenoxy) is 1. The fourth-order valence-electron chi connectivity index (χ4n) is 1.82. The molecule has 1 aromatic carbocycles. The van der Waals surface area contributed by atoms with Gasteiger partial charge in [0, 0.05) is 23.4 Å². The lowest BCUT2D eigenvalue weighted by molar-refractivity contribution is -0.122. The minimum absolute atomic E-state index is 0.199. The number of benzene rings is 1. The van der Waals surface area contributed by atoms with Crippen molar-refractivity contribution in [3.05, 3.63) is 35.2 Å². The Morgan fingerprint density at radius 3 is 2.71 bits per heavy atom. The number of aryl methyl sites for hydroxylation is 1. The minimum atomic E-state index is -0.699. The van der Waals surface area contributed by atoms with Crippen LogP contribution in [0.2, 0.25) is 5.02 Å². The second kappa shape index (κ2) is 8.88. The Labute approximate surface area is 143 Å². The number of amides is 2. The monoisotopic (exact) mass is 352 g/mol. The second-order valence-corrected chi connectivity index (χ2v) is 5.20. The molecule has 0 aliphatic rings. The third kappa shape index (κ3) is 5.54. The van der Waals surface area contributed by atoms with E-state index in [1.807, 2.05) is 0 Å². The standard InChI is InChI=1S/C15H17ClN4O4/c1-2-23-15(22)19-18-12(21)4-3-5-13-17-14(20-24-13)10-6-8-11(16)9-7-10/h6-9H,2-5H2,1H3,(H,18,21)(H,19,22). The predicted octanol–water partition coefficient (Wildman–Crippen LogP) is 2.49. The quantitative estimate of drug-likeness (QED) is 0.773. The average molecular weight is 353 g/mol. The summed E-state index contributed by atoms with van der Waals surface area (Å²) in [6.07, 6.45) is 0.451. The zero-order valence-corrected chi connectivity index (χ0v) is 13.8. The molecule has 0 bridgehead atoms. The molecule has 0 unspecified atom stereocenters. The van der Waals surface area contributed by atoms with Crippen molar-refractivity contribution in [3.63, 3.8) is 0 Å². The highest BCUT2D eigenvalue weighted by molar-refractivity contribution is 6.30. The van der Waals surface area contributed by atoms with E-state index in [4.69, 9.17) is 16.1 Å². The molecule has 2 N–H and O–H groups in total. The van der Waals surface area contributed by atoms with E-state index in [2.05, 4.69) is 25.7 Å². The molecule has 0 saturated carbocycles. The number of hydrogen-bond acceptors (Lipinski definition) is 6. The van der Waals surface area contributed by atoms with Crippen molar-refractivity contribution < 1.29 is 18.8 Å². The van der Waals surface area contributed by atoms with Crippen molar-refractivity contribution in [2.45, 2.75) is 26.2 Å². The summed E-state index contributed by atoms with van der Waals surface area (Å²) in [5.41, 5.74) is 5.18. The predicted molar refractivity (Wildman–Crippen MR) is 86.0 cm³/mol. The molecule has 2 rings (SSSR count). The first-order valence-corrected chi connectivity index (χ1v) is 7.76. The van der Waals surface area contributed by atoms with Crippen LogP contribution in [-0.2, 0) is 16.0 Å². The smallest absolute Gasteiger partial charge is 0.426 e. The van der Waals surface area contributed by atoms with E-state index in [1.54, 1.807) is 31.2 Å². The Kier molecular flexibility index (Phi) is 6.56. The third-order valence-electron chi connectivity index (χ3n) is 2.94. The van der Waals surface area contributed by atoms with Crippen LogP contribution in [0.5, 0.6) is 0 Å². The number of nitrogens with zero attached hydrogens (tertiary/aromatic N) is 2. The molecular formula is C15H17ClN4O4. The van der Waals surface area contributed by atoms with Gasteiger partial charge in [0.15, 0.2) is 0 Å². The molecule has 1 aromatic heterocycles. The highest BCUT2D eigenvalue weighted by atomic mass is 35.5. The van der Waals surface area contributed by atoms with Gasteiger partial charge < -0.3 is 9.26 Å². The van der Waals surface area contributed by atoms with Crippen molar-refractivity contribution in [2.75, 3.05) is 6.61 Å². The van der Waals surface area contributed by atoms with Crippen LogP contribution in [0, 0.1) is 0 Å². The summed E-state index contributed by atoms with van der Waals surface area (Å²) in [4.78, 5) is 26.8. The molecule has 24 heavy (non-hydrogen) atoms. The van der Waals surface area contributed by atoms with E-state index in [1.165, 1.54) is 0 Å². The fourth-order valence-corrected chi connectivity index (χ4v) is 1.95. The van der Waals surface area contributed by atoms with E-state index in [9.17, 15) is 9.59 Å². The minimum Gasteiger partial charge on any atom is -0.449 e. The van der Waals surface area contributed by atoms with Gasteiger partial charge in [-0.05, 0) is 37.6 Å². The molecule has 0 aliphatic heterocycles. The van der Waals surface area contributed by atoms with Gasteiger partial charge in [0.05, 0.1) is 6.61 Å². The molecular weight excluding hydrogens is 336 g/mol. The molecule has 9 heteroatoms. The van der Waals surface area contributed by atoms with E-state index in [0.717, 1.165) is 5.56 Å². The van der Waals surface area contributed by atoms with Crippen LogP contribution in [0.15, 0.2) is 28.8 Å². The molecule has 8 nitrogen and oxygen atoms in total. The van der Waals surface area contributed by atoms with Crippen LogP contribution in [0.3, 0.4) is 0 Å². The molecule has 2 aromatic rings. The Bertz CT molecular complexity index is 687. The topological polar surface area (TPSA) is 106 Å². The zero-order chi connectivity index (χ0) is 17.4. The maximum Gasteiger partial charge on any atom is 0.426 e. The number of rotatable bonds is 6. The lowest BCUT2D eigenvalue weighted by atomic mass is 10.2. The zero-order valence-electron chi connectivity index (χ0n) is 13.0. The van der Waals surface area contributed by atoms with E-state index >= 15 is 0 Å². The van der Waals surface area contributed by atoms with Crippen LogP contribution in [0.1, 0.15) is 25.7 Å². The summed E-state index contributed by atoms with van der Waals surface area (Å²) in [6, 6.07) is 7.08. The average Bonchev–Trinajstić information content (AvgIpc) is 3.03. The number of halogens is 1. The molecule has 0 saturated heterocycles. The van der Waals surface area contributed by atoms with Gasteiger partial charge in [-0.3, -0.25) is 10.2 Å². The van der Waals surface area contributed by atoms with E-state index in [0.29, 0.717) is 29.6 Å². The number of hydrogen-bond donors (Lipinski definition) is 2. The largest absolute Gasteiger partial charge is 0.449 e. The lowest BCUT2D eigenvalue weighted by Gasteiger charge is -2.06. The molecule has 0 radical (unpaired) electrons. The maximum absolute atomic E-state index is 11.5. The van der Waals surface area contributed by atoms with Gasteiger partial charge in [-0.2, -0.15) is 4.98 Å². The number of carbonyl (C=O) groups excluding carboxylic acids is 2. The summed E-state index contributed by atoms with van der Waals surface area (Å²) in [7, 11) is 0. The molecule has 0 aliphatic carbocycles.